The van der Waals surface area contributed by atoms with Crippen molar-refractivity contribution in [1.82, 2.24) is 20.6 Å². The summed E-state index contributed by atoms with van der Waals surface area (Å²) in [6.07, 6.45) is 1.75. The lowest BCUT2D eigenvalue weighted by atomic mass is 10.5. The average molecular weight is 312 g/mol. The van der Waals surface area contributed by atoms with Gasteiger partial charge in [-0.25, -0.2) is 19.6 Å². The fourth-order valence-corrected chi connectivity index (χ4v) is 2.78. The molecule has 0 fully saturated rings. The highest BCUT2D eigenvalue weighted by Gasteiger charge is 2.09. The summed E-state index contributed by atoms with van der Waals surface area (Å²) in [4.78, 5) is 31.3. The maximum absolute atomic E-state index is 11.6. The molecule has 2 amide bonds. The van der Waals surface area contributed by atoms with Crippen LogP contribution in [0, 0.1) is 6.92 Å². The van der Waals surface area contributed by atoms with Crippen LogP contribution in [0.5, 0.6) is 0 Å². The van der Waals surface area contributed by atoms with Crippen LogP contribution in [-0.2, 0) is 13.1 Å². The first-order valence-electron chi connectivity index (χ1n) is 5.65. The Labute approximate surface area is 122 Å². The number of aromatic carboxylic acids is 1. The zero-order valence-electron chi connectivity index (χ0n) is 10.5. The van der Waals surface area contributed by atoms with Gasteiger partial charge in [-0.15, -0.1) is 22.7 Å². The molecule has 0 saturated carbocycles. The van der Waals surface area contributed by atoms with Crippen LogP contribution in [0.3, 0.4) is 0 Å². The second-order valence-corrected chi connectivity index (χ2v) is 6.09. The molecule has 2 rings (SSSR count). The maximum Gasteiger partial charge on any atom is 0.355 e. The van der Waals surface area contributed by atoms with E-state index >= 15 is 0 Å². The first-order chi connectivity index (χ1) is 9.54. The Morgan fingerprint density at radius 3 is 2.55 bits per heavy atom. The number of hydrogen-bond acceptors (Lipinski definition) is 6. The third kappa shape index (κ3) is 4.00. The predicted molar refractivity (Wildman–Crippen MR) is 75.0 cm³/mol. The number of thiazole rings is 2. The number of aryl methyl sites for hydroxylation is 1. The Morgan fingerprint density at radius 2 is 2.00 bits per heavy atom. The zero-order valence-corrected chi connectivity index (χ0v) is 12.2. The van der Waals surface area contributed by atoms with Gasteiger partial charge in [0.1, 0.15) is 10.0 Å². The van der Waals surface area contributed by atoms with E-state index in [4.69, 9.17) is 5.11 Å². The summed E-state index contributed by atoms with van der Waals surface area (Å²) in [6, 6.07) is -0.343. The predicted octanol–water partition coefficient (Wildman–Crippen LogP) is 1.61. The number of nitrogens with zero attached hydrogens (tertiary/aromatic N) is 2. The zero-order chi connectivity index (χ0) is 14.5. The van der Waals surface area contributed by atoms with Gasteiger partial charge < -0.3 is 15.7 Å². The van der Waals surface area contributed by atoms with Crippen LogP contribution in [0.15, 0.2) is 11.6 Å². The molecule has 2 aromatic heterocycles. The van der Waals surface area contributed by atoms with Crippen LogP contribution in [-0.4, -0.2) is 27.1 Å². The molecular weight excluding hydrogens is 300 g/mol. The lowest BCUT2D eigenvalue weighted by Crippen LogP contribution is -2.34. The lowest BCUT2D eigenvalue weighted by molar-refractivity contribution is 0.0691. The van der Waals surface area contributed by atoms with E-state index in [1.54, 1.807) is 6.20 Å². The van der Waals surface area contributed by atoms with Crippen molar-refractivity contribution >= 4 is 34.7 Å². The van der Waals surface area contributed by atoms with E-state index < -0.39 is 5.97 Å². The molecule has 106 valence electrons. The van der Waals surface area contributed by atoms with Gasteiger partial charge in [0.05, 0.1) is 13.1 Å². The normalized spacial score (nSPS) is 10.2. The monoisotopic (exact) mass is 312 g/mol. The molecule has 0 atom stereocenters. The molecule has 0 spiro atoms. The van der Waals surface area contributed by atoms with Gasteiger partial charge in [0.25, 0.3) is 0 Å². The van der Waals surface area contributed by atoms with Gasteiger partial charge in [0.15, 0.2) is 5.69 Å². The van der Waals surface area contributed by atoms with Gasteiger partial charge in [-0.3, -0.25) is 0 Å². The molecule has 0 unspecified atom stereocenters. The molecular formula is C11H12N4O3S2. The van der Waals surface area contributed by atoms with Crippen molar-refractivity contribution in [2.75, 3.05) is 0 Å². The molecule has 0 aromatic carbocycles. The summed E-state index contributed by atoms with van der Waals surface area (Å²) >= 11 is 2.71. The van der Waals surface area contributed by atoms with Crippen molar-refractivity contribution in [1.29, 1.82) is 0 Å². The van der Waals surface area contributed by atoms with Crippen molar-refractivity contribution in [3.63, 3.8) is 0 Å². The third-order valence-electron chi connectivity index (χ3n) is 2.24. The standard InChI is InChI=1S/C11H12N4O3S2/c1-6-2-12-8(20-6)3-13-11(18)14-4-9-15-7(5-19-9)10(16)17/h2,5H,3-4H2,1H3,(H,16,17)(H2,13,14,18). The number of carboxylic acids is 1. The Morgan fingerprint density at radius 1 is 1.30 bits per heavy atom. The average Bonchev–Trinajstić information content (AvgIpc) is 3.03. The van der Waals surface area contributed by atoms with Crippen LogP contribution in [0.4, 0.5) is 4.79 Å². The Balaban J connectivity index is 1.75. The van der Waals surface area contributed by atoms with E-state index in [9.17, 15) is 9.59 Å². The quantitative estimate of drug-likeness (QED) is 0.778. The third-order valence-corrected chi connectivity index (χ3v) is 4.00. The number of rotatable bonds is 5. The summed E-state index contributed by atoms with van der Waals surface area (Å²) in [5.74, 6) is -1.07. The molecule has 3 N–H and O–H groups in total. The van der Waals surface area contributed by atoms with Crippen molar-refractivity contribution in [2.24, 2.45) is 0 Å². The molecule has 0 aliphatic heterocycles. The SMILES string of the molecule is Cc1cnc(CNC(=O)NCc2nc(C(=O)O)cs2)s1. The van der Waals surface area contributed by atoms with E-state index in [0.717, 1.165) is 9.88 Å². The van der Waals surface area contributed by atoms with Gasteiger partial charge >= 0.3 is 12.0 Å². The van der Waals surface area contributed by atoms with E-state index in [1.807, 2.05) is 6.92 Å². The van der Waals surface area contributed by atoms with Gasteiger partial charge in [-0.2, -0.15) is 0 Å². The molecule has 0 saturated heterocycles. The van der Waals surface area contributed by atoms with E-state index in [0.29, 0.717) is 11.6 Å². The second kappa shape index (κ2) is 6.44. The van der Waals surface area contributed by atoms with Crippen LogP contribution < -0.4 is 10.6 Å². The van der Waals surface area contributed by atoms with E-state index in [2.05, 4.69) is 20.6 Å². The van der Waals surface area contributed by atoms with Crippen LogP contribution in [0.2, 0.25) is 0 Å². The molecule has 2 aromatic rings. The number of urea groups is 1. The Kier molecular flexibility index (Phi) is 4.64. The maximum atomic E-state index is 11.6. The van der Waals surface area contributed by atoms with Gasteiger partial charge in [-0.1, -0.05) is 0 Å². The number of carbonyl (C=O) groups is 2. The number of carboxylic acid groups (broad SMARTS) is 1. The van der Waals surface area contributed by atoms with Gasteiger partial charge in [0.2, 0.25) is 0 Å². The first kappa shape index (κ1) is 14.4. The van der Waals surface area contributed by atoms with E-state index in [-0.39, 0.29) is 18.3 Å². The minimum absolute atomic E-state index is 0.00883. The van der Waals surface area contributed by atoms with Crippen molar-refractivity contribution in [2.45, 2.75) is 20.0 Å². The molecule has 9 heteroatoms. The molecule has 0 bridgehead atoms. The minimum Gasteiger partial charge on any atom is -0.476 e. The number of amides is 2. The Hall–Kier alpha value is -2.00. The van der Waals surface area contributed by atoms with Crippen molar-refractivity contribution in [3.8, 4) is 0 Å². The second-order valence-electron chi connectivity index (χ2n) is 3.83. The molecule has 7 nitrogen and oxygen atoms in total. The topological polar surface area (TPSA) is 104 Å². The smallest absolute Gasteiger partial charge is 0.355 e. The Bertz CT molecular complexity index is 623. The minimum atomic E-state index is -1.07. The fourth-order valence-electron chi connectivity index (χ4n) is 1.35. The highest BCUT2D eigenvalue weighted by atomic mass is 32.1. The summed E-state index contributed by atoms with van der Waals surface area (Å²) in [5.41, 5.74) is -0.00883. The van der Waals surface area contributed by atoms with Gasteiger partial charge in [-0.05, 0) is 6.92 Å². The van der Waals surface area contributed by atoms with Gasteiger partial charge in [0, 0.05) is 16.5 Å². The summed E-state index contributed by atoms with van der Waals surface area (Å²) < 4.78 is 0. The van der Waals surface area contributed by atoms with Crippen LogP contribution >= 0.6 is 22.7 Å². The molecule has 0 radical (unpaired) electrons. The summed E-state index contributed by atoms with van der Waals surface area (Å²) in [5, 5.41) is 16.8. The largest absolute Gasteiger partial charge is 0.476 e. The van der Waals surface area contributed by atoms with E-state index in [1.165, 1.54) is 28.1 Å². The van der Waals surface area contributed by atoms with Crippen molar-refractivity contribution < 1.29 is 14.7 Å². The van der Waals surface area contributed by atoms with Crippen LogP contribution in [0.25, 0.3) is 0 Å². The lowest BCUT2D eigenvalue weighted by Gasteiger charge is -2.04. The summed E-state index contributed by atoms with van der Waals surface area (Å²) in [6.45, 7) is 2.51. The van der Waals surface area contributed by atoms with Crippen LogP contribution in [0.1, 0.15) is 25.4 Å². The number of nitrogens with one attached hydrogen (secondary N) is 2. The van der Waals surface area contributed by atoms with Crippen molar-refractivity contribution in [3.05, 3.63) is 32.2 Å². The molecule has 2 heterocycles. The molecule has 0 aliphatic rings. The number of hydrogen-bond donors (Lipinski definition) is 3. The summed E-state index contributed by atoms with van der Waals surface area (Å²) in [7, 11) is 0. The highest BCUT2D eigenvalue weighted by molar-refractivity contribution is 7.11. The number of aromatic nitrogens is 2. The molecule has 20 heavy (non-hydrogen) atoms. The highest BCUT2D eigenvalue weighted by Crippen LogP contribution is 2.11. The fraction of sp³-hybridized carbons (Fsp3) is 0.273. The first-order valence-corrected chi connectivity index (χ1v) is 7.35. The number of carbonyl (C=O) groups excluding carboxylic acids is 1. The molecule has 0 aliphatic carbocycles.